The molecule has 0 saturated carbocycles. The molecule has 1 unspecified atom stereocenters. The topological polar surface area (TPSA) is 86.8 Å². The van der Waals surface area contributed by atoms with Gasteiger partial charge in [-0.05, 0) is 87.6 Å². The highest BCUT2D eigenvalue weighted by Gasteiger charge is 2.34. The van der Waals surface area contributed by atoms with Crippen molar-refractivity contribution < 1.29 is 22.4 Å². The average Bonchev–Trinajstić information content (AvgIpc) is 2.91. The lowest BCUT2D eigenvalue weighted by Crippen LogP contribution is -2.55. The molecule has 9 heteroatoms. The Kier molecular flexibility index (Phi) is 10.5. The smallest absolute Gasteiger partial charge is 0.264 e. The summed E-state index contributed by atoms with van der Waals surface area (Å²) in [4.78, 5) is 29.0. The Labute approximate surface area is 249 Å². The van der Waals surface area contributed by atoms with E-state index in [4.69, 9.17) is 0 Å². The van der Waals surface area contributed by atoms with Gasteiger partial charge in [-0.25, -0.2) is 12.8 Å². The molecule has 0 aliphatic carbocycles. The summed E-state index contributed by atoms with van der Waals surface area (Å²) in [6.07, 6.45) is 0.294. The number of hydrogen-bond acceptors (Lipinski definition) is 4. The lowest BCUT2D eigenvalue weighted by atomic mass is 10.0. The molecule has 226 valence electrons. The summed E-state index contributed by atoms with van der Waals surface area (Å²) in [5, 5.41) is 2.94. The molecule has 42 heavy (non-hydrogen) atoms. The number of hydrogen-bond donors (Lipinski definition) is 1. The van der Waals surface area contributed by atoms with E-state index in [0.717, 1.165) is 15.4 Å². The molecule has 0 bridgehead atoms. The molecular weight excluding hydrogens is 553 g/mol. The van der Waals surface area contributed by atoms with Crippen LogP contribution in [0, 0.1) is 12.7 Å². The number of halogens is 1. The Morgan fingerprint density at radius 2 is 1.48 bits per heavy atom. The van der Waals surface area contributed by atoms with Crippen LogP contribution in [0.3, 0.4) is 0 Å². The van der Waals surface area contributed by atoms with E-state index in [0.29, 0.717) is 17.7 Å². The van der Waals surface area contributed by atoms with Crippen LogP contribution in [0.15, 0.2) is 77.7 Å². The zero-order valence-electron chi connectivity index (χ0n) is 25.5. The number of carbonyl (C=O) groups excluding carboxylic acids is 2. The van der Waals surface area contributed by atoms with Crippen molar-refractivity contribution in [2.75, 3.05) is 10.8 Å². The van der Waals surface area contributed by atoms with Crippen LogP contribution in [-0.4, -0.2) is 43.3 Å². The van der Waals surface area contributed by atoms with E-state index in [2.05, 4.69) is 5.32 Å². The summed E-state index contributed by atoms with van der Waals surface area (Å²) >= 11 is 0. The number of rotatable bonds is 11. The van der Waals surface area contributed by atoms with Gasteiger partial charge in [0.05, 0.1) is 10.6 Å². The van der Waals surface area contributed by atoms with Gasteiger partial charge < -0.3 is 10.2 Å². The Balaban J connectivity index is 2.08. The fourth-order valence-electron chi connectivity index (χ4n) is 4.55. The van der Waals surface area contributed by atoms with Gasteiger partial charge in [0, 0.05) is 12.1 Å². The first-order valence-electron chi connectivity index (χ1n) is 14.2. The van der Waals surface area contributed by atoms with Crippen LogP contribution in [0.1, 0.15) is 70.6 Å². The lowest BCUT2D eigenvalue weighted by Gasteiger charge is -2.34. The van der Waals surface area contributed by atoms with Crippen molar-refractivity contribution in [3.05, 3.63) is 95.3 Å². The number of anilines is 1. The van der Waals surface area contributed by atoms with Crippen molar-refractivity contribution in [3.63, 3.8) is 0 Å². The van der Waals surface area contributed by atoms with Crippen molar-refractivity contribution in [1.29, 1.82) is 0 Å². The lowest BCUT2D eigenvalue weighted by molar-refractivity contribution is -0.141. The van der Waals surface area contributed by atoms with E-state index in [1.165, 1.54) is 29.2 Å². The standard InChI is InChI=1S/C33H42FN3O4S/c1-8-30(32(39)35-33(5,6)7)36(21-25-11-15-27(34)16-12-25)31(38)22-37(28-17-13-26(14-18-28)23(2)3)42(40,41)29-19-9-24(4)10-20-29/h9-20,23,30H,8,21-22H2,1-7H3,(H,35,39). The SMILES string of the molecule is CCC(C(=O)NC(C)(C)C)N(Cc1ccc(F)cc1)C(=O)CN(c1ccc(C(C)C)cc1)S(=O)(=O)c1ccc(C)cc1. The molecule has 0 fully saturated rings. The van der Waals surface area contributed by atoms with E-state index < -0.39 is 39.9 Å². The predicted octanol–water partition coefficient (Wildman–Crippen LogP) is 6.17. The monoisotopic (exact) mass is 595 g/mol. The van der Waals surface area contributed by atoms with E-state index in [1.807, 2.05) is 53.7 Å². The van der Waals surface area contributed by atoms with E-state index in [-0.39, 0.29) is 23.3 Å². The number of amides is 2. The van der Waals surface area contributed by atoms with Gasteiger partial charge in [0.2, 0.25) is 11.8 Å². The van der Waals surface area contributed by atoms with Gasteiger partial charge >= 0.3 is 0 Å². The van der Waals surface area contributed by atoms with Crippen molar-refractivity contribution in [1.82, 2.24) is 10.2 Å². The Morgan fingerprint density at radius 3 is 1.98 bits per heavy atom. The van der Waals surface area contributed by atoms with E-state index in [1.54, 1.807) is 43.3 Å². The number of nitrogens with one attached hydrogen (secondary N) is 1. The summed E-state index contributed by atoms with van der Waals surface area (Å²) in [6.45, 7) is 12.8. The second kappa shape index (κ2) is 13.5. The van der Waals surface area contributed by atoms with Gasteiger partial charge in [0.25, 0.3) is 10.0 Å². The molecule has 1 atom stereocenters. The highest BCUT2D eigenvalue weighted by molar-refractivity contribution is 7.92. The molecular formula is C33H42FN3O4S. The summed E-state index contributed by atoms with van der Waals surface area (Å²) in [5.74, 6) is -1.09. The molecule has 0 heterocycles. The number of benzene rings is 3. The summed E-state index contributed by atoms with van der Waals surface area (Å²) in [6, 6.07) is 18.4. The summed E-state index contributed by atoms with van der Waals surface area (Å²) in [5.41, 5.74) is 2.33. The number of aryl methyl sites for hydroxylation is 1. The molecule has 0 spiro atoms. The third-order valence-corrected chi connectivity index (χ3v) is 8.67. The van der Waals surface area contributed by atoms with Crippen molar-refractivity contribution in [2.45, 2.75) is 83.8 Å². The summed E-state index contributed by atoms with van der Waals surface area (Å²) < 4.78 is 42.8. The fourth-order valence-corrected chi connectivity index (χ4v) is 5.96. The Hall–Kier alpha value is -3.72. The summed E-state index contributed by atoms with van der Waals surface area (Å²) in [7, 11) is -4.16. The van der Waals surface area contributed by atoms with Gasteiger partial charge in [-0.15, -0.1) is 0 Å². The maximum atomic E-state index is 14.1. The molecule has 3 aromatic rings. The Bertz CT molecular complexity index is 1460. The maximum Gasteiger partial charge on any atom is 0.264 e. The zero-order chi connectivity index (χ0) is 31.2. The molecule has 0 aliphatic rings. The first kappa shape index (κ1) is 32.8. The number of carbonyl (C=O) groups is 2. The molecule has 0 saturated heterocycles. The molecule has 0 aromatic heterocycles. The Morgan fingerprint density at radius 1 is 0.905 bits per heavy atom. The van der Waals surface area contributed by atoms with Crippen LogP contribution in [0.4, 0.5) is 10.1 Å². The second-order valence-corrected chi connectivity index (χ2v) is 13.7. The molecule has 3 rings (SSSR count). The third kappa shape index (κ3) is 8.41. The molecule has 7 nitrogen and oxygen atoms in total. The van der Waals surface area contributed by atoms with Crippen molar-refractivity contribution >= 4 is 27.5 Å². The first-order valence-corrected chi connectivity index (χ1v) is 15.6. The van der Waals surface area contributed by atoms with E-state index in [9.17, 15) is 22.4 Å². The molecule has 3 aromatic carbocycles. The van der Waals surface area contributed by atoms with Crippen molar-refractivity contribution in [3.8, 4) is 0 Å². The molecule has 2 amide bonds. The van der Waals surface area contributed by atoms with Crippen LogP contribution in [0.25, 0.3) is 0 Å². The minimum atomic E-state index is -4.16. The highest BCUT2D eigenvalue weighted by Crippen LogP contribution is 2.27. The van der Waals surface area contributed by atoms with Crippen LogP contribution >= 0.6 is 0 Å². The quantitative estimate of drug-likeness (QED) is 0.287. The van der Waals surface area contributed by atoms with Gasteiger partial charge in [0.1, 0.15) is 18.4 Å². The third-order valence-electron chi connectivity index (χ3n) is 6.89. The highest BCUT2D eigenvalue weighted by atomic mass is 32.2. The minimum Gasteiger partial charge on any atom is -0.350 e. The van der Waals surface area contributed by atoms with Crippen LogP contribution in [0.5, 0.6) is 0 Å². The second-order valence-electron chi connectivity index (χ2n) is 11.9. The number of sulfonamides is 1. The van der Waals surface area contributed by atoms with Crippen molar-refractivity contribution in [2.24, 2.45) is 0 Å². The van der Waals surface area contributed by atoms with Gasteiger partial charge in [0.15, 0.2) is 0 Å². The predicted molar refractivity (Wildman–Crippen MR) is 165 cm³/mol. The minimum absolute atomic E-state index is 0.000110. The van der Waals surface area contributed by atoms with E-state index >= 15 is 0 Å². The first-order chi connectivity index (χ1) is 19.6. The largest absolute Gasteiger partial charge is 0.350 e. The van der Waals surface area contributed by atoms with Gasteiger partial charge in [-0.3, -0.25) is 13.9 Å². The van der Waals surface area contributed by atoms with Gasteiger partial charge in [-0.1, -0.05) is 62.7 Å². The maximum absolute atomic E-state index is 14.1. The number of nitrogens with zero attached hydrogens (tertiary/aromatic N) is 2. The van der Waals surface area contributed by atoms with Crippen LogP contribution in [-0.2, 0) is 26.2 Å². The molecule has 0 aliphatic heterocycles. The average molecular weight is 596 g/mol. The zero-order valence-corrected chi connectivity index (χ0v) is 26.3. The molecule has 0 radical (unpaired) electrons. The normalized spacial score (nSPS) is 12.6. The van der Waals surface area contributed by atoms with Crippen LogP contribution < -0.4 is 9.62 Å². The molecule has 1 N–H and O–H groups in total. The van der Waals surface area contributed by atoms with Gasteiger partial charge in [-0.2, -0.15) is 0 Å². The van der Waals surface area contributed by atoms with Crippen LogP contribution in [0.2, 0.25) is 0 Å². The fraction of sp³-hybridized carbons (Fsp3) is 0.394.